The van der Waals surface area contributed by atoms with Crippen molar-refractivity contribution in [3.8, 4) is 11.5 Å². The molecule has 1 aliphatic heterocycles. The molecule has 4 rings (SSSR count). The molecular weight excluding hydrogens is 430 g/mol. The maximum Gasteiger partial charge on any atom is 0.337 e. The summed E-state index contributed by atoms with van der Waals surface area (Å²) in [6, 6.07) is 15.5. The molecular formula is C28H31NO5. The number of carbonyl (C=O) groups excluding carboxylic acids is 2. The molecule has 2 atom stereocenters. The Bertz CT molecular complexity index is 1160. The molecule has 0 radical (unpaired) electrons. The average Bonchev–Trinajstić information content (AvgIpc) is 2.82. The Morgan fingerprint density at radius 2 is 1.76 bits per heavy atom. The smallest absolute Gasteiger partial charge is 0.337 e. The van der Waals surface area contributed by atoms with Gasteiger partial charge in [-0.25, -0.2) is 4.79 Å². The van der Waals surface area contributed by atoms with Crippen LogP contribution >= 0.6 is 0 Å². The number of carbonyl (C=O) groups is 2. The third-order valence-corrected chi connectivity index (χ3v) is 6.41. The Morgan fingerprint density at radius 3 is 2.41 bits per heavy atom. The molecule has 2 aromatic rings. The average molecular weight is 462 g/mol. The number of benzene rings is 2. The summed E-state index contributed by atoms with van der Waals surface area (Å²) >= 11 is 0. The molecule has 1 N–H and O–H groups in total. The van der Waals surface area contributed by atoms with Gasteiger partial charge in [0, 0.05) is 35.0 Å². The Labute approximate surface area is 200 Å². The van der Waals surface area contributed by atoms with E-state index in [1.165, 1.54) is 0 Å². The quantitative estimate of drug-likeness (QED) is 0.609. The highest BCUT2D eigenvalue weighted by molar-refractivity contribution is 6.04. The minimum atomic E-state index is -0.590. The van der Waals surface area contributed by atoms with Crippen LogP contribution in [0.2, 0.25) is 0 Å². The predicted octanol–water partition coefficient (Wildman–Crippen LogP) is 5.02. The summed E-state index contributed by atoms with van der Waals surface area (Å²) in [6.07, 6.45) is 0.778. The zero-order chi connectivity index (χ0) is 24.4. The Hall–Kier alpha value is -3.54. The van der Waals surface area contributed by atoms with Gasteiger partial charge in [0.15, 0.2) is 5.78 Å². The van der Waals surface area contributed by atoms with Gasteiger partial charge in [-0.05, 0) is 44.7 Å². The Kier molecular flexibility index (Phi) is 6.77. The molecule has 0 bridgehead atoms. The van der Waals surface area contributed by atoms with Gasteiger partial charge in [0.2, 0.25) is 0 Å². The lowest BCUT2D eigenvalue weighted by molar-refractivity contribution is -0.143. The Balaban J connectivity index is 1.85. The van der Waals surface area contributed by atoms with E-state index < -0.39 is 11.9 Å². The van der Waals surface area contributed by atoms with Crippen LogP contribution in [0.3, 0.4) is 0 Å². The molecule has 6 nitrogen and oxygen atoms in total. The number of hydrogen-bond donors (Lipinski definition) is 1. The van der Waals surface area contributed by atoms with Crippen molar-refractivity contribution in [2.24, 2.45) is 0 Å². The first-order valence-corrected chi connectivity index (χ1v) is 11.6. The predicted molar refractivity (Wildman–Crippen MR) is 130 cm³/mol. The van der Waals surface area contributed by atoms with Gasteiger partial charge in [-0.3, -0.25) is 4.79 Å². The van der Waals surface area contributed by atoms with Gasteiger partial charge in [0.05, 0.1) is 31.8 Å². The number of hydrogen-bond acceptors (Lipinski definition) is 6. The number of Topliss-reactive ketones (excluding diaryl/α,β-unsaturated/α-hetero) is 1. The molecule has 2 aliphatic rings. The molecule has 6 heteroatoms. The number of methoxy groups -OCH3 is 2. The van der Waals surface area contributed by atoms with Gasteiger partial charge in [-0.1, -0.05) is 36.4 Å². The summed E-state index contributed by atoms with van der Waals surface area (Å²) < 4.78 is 16.6. The highest BCUT2D eigenvalue weighted by Gasteiger charge is 2.42. The van der Waals surface area contributed by atoms with Crippen LogP contribution in [0.4, 0.5) is 0 Å². The number of esters is 1. The van der Waals surface area contributed by atoms with Crippen molar-refractivity contribution >= 4 is 11.8 Å². The van der Waals surface area contributed by atoms with E-state index in [0.29, 0.717) is 41.2 Å². The third-order valence-electron chi connectivity index (χ3n) is 6.41. The fraction of sp³-hybridized carbons (Fsp3) is 0.357. The second-order valence-corrected chi connectivity index (χ2v) is 8.99. The maximum absolute atomic E-state index is 13.7. The summed E-state index contributed by atoms with van der Waals surface area (Å²) in [5.41, 5.74) is 4.45. The van der Waals surface area contributed by atoms with Crippen LogP contribution in [0.5, 0.6) is 11.5 Å². The van der Waals surface area contributed by atoms with E-state index in [-0.39, 0.29) is 17.8 Å². The molecule has 1 aliphatic carbocycles. The summed E-state index contributed by atoms with van der Waals surface area (Å²) in [6.45, 7) is 5.49. The topological polar surface area (TPSA) is 73.9 Å². The van der Waals surface area contributed by atoms with E-state index in [4.69, 9.17) is 14.2 Å². The molecule has 2 aromatic carbocycles. The van der Waals surface area contributed by atoms with E-state index in [1.54, 1.807) is 20.3 Å². The molecule has 0 spiro atoms. The van der Waals surface area contributed by atoms with Crippen molar-refractivity contribution in [2.45, 2.75) is 51.6 Å². The van der Waals surface area contributed by atoms with E-state index in [0.717, 1.165) is 16.8 Å². The van der Waals surface area contributed by atoms with Gasteiger partial charge < -0.3 is 19.5 Å². The first-order valence-electron chi connectivity index (χ1n) is 11.6. The van der Waals surface area contributed by atoms with Crippen molar-refractivity contribution in [1.29, 1.82) is 0 Å². The van der Waals surface area contributed by atoms with Gasteiger partial charge in [-0.2, -0.15) is 0 Å². The van der Waals surface area contributed by atoms with Crippen molar-refractivity contribution < 1.29 is 23.8 Å². The molecule has 0 fully saturated rings. The van der Waals surface area contributed by atoms with Crippen LogP contribution in [0.15, 0.2) is 71.1 Å². The fourth-order valence-corrected chi connectivity index (χ4v) is 4.92. The second-order valence-electron chi connectivity index (χ2n) is 8.99. The monoisotopic (exact) mass is 461 g/mol. The van der Waals surface area contributed by atoms with E-state index in [2.05, 4.69) is 17.4 Å². The Morgan fingerprint density at radius 1 is 1.03 bits per heavy atom. The van der Waals surface area contributed by atoms with Crippen molar-refractivity contribution in [3.63, 3.8) is 0 Å². The highest BCUT2D eigenvalue weighted by Crippen LogP contribution is 2.48. The van der Waals surface area contributed by atoms with Crippen LogP contribution in [0.1, 0.15) is 56.6 Å². The van der Waals surface area contributed by atoms with E-state index >= 15 is 0 Å². The van der Waals surface area contributed by atoms with Crippen molar-refractivity contribution in [3.05, 3.63) is 82.2 Å². The number of dihydropyridines is 1. The minimum Gasteiger partial charge on any atom is -0.497 e. The van der Waals surface area contributed by atoms with Gasteiger partial charge in [-0.15, -0.1) is 0 Å². The lowest BCUT2D eigenvalue weighted by Crippen LogP contribution is -2.36. The number of rotatable bonds is 6. The zero-order valence-corrected chi connectivity index (χ0v) is 20.3. The summed E-state index contributed by atoms with van der Waals surface area (Å²) in [5.74, 6) is 0.261. The van der Waals surface area contributed by atoms with Crippen LogP contribution in [-0.2, 0) is 14.3 Å². The molecule has 0 saturated heterocycles. The standard InChI is InChI=1S/C28H31NO5/c1-16(2)34-28(31)25-17(3)29-22-13-19(18-9-7-6-8-10-18)14-23(30)27(22)26(25)21-12-11-20(32-4)15-24(21)33-5/h6-12,15-16,19,26,29H,13-14H2,1-5H3/t19-,26+/m1/s1. The fourth-order valence-electron chi connectivity index (χ4n) is 4.92. The first kappa shape index (κ1) is 23.6. The lowest BCUT2D eigenvalue weighted by atomic mass is 9.71. The minimum absolute atomic E-state index is 0.0211. The summed E-state index contributed by atoms with van der Waals surface area (Å²) in [4.78, 5) is 27.0. The third kappa shape index (κ3) is 4.45. The number of allylic oxidation sites excluding steroid dienone is 3. The van der Waals surface area contributed by atoms with Crippen LogP contribution in [0.25, 0.3) is 0 Å². The molecule has 178 valence electrons. The van der Waals surface area contributed by atoms with Gasteiger partial charge in [0.25, 0.3) is 0 Å². The zero-order valence-electron chi connectivity index (χ0n) is 20.3. The largest absolute Gasteiger partial charge is 0.497 e. The number of ketones is 1. The molecule has 0 aromatic heterocycles. The summed E-state index contributed by atoms with van der Waals surface area (Å²) in [5, 5.41) is 3.38. The van der Waals surface area contributed by atoms with Crippen molar-refractivity contribution in [1.82, 2.24) is 5.32 Å². The van der Waals surface area contributed by atoms with Crippen LogP contribution < -0.4 is 14.8 Å². The van der Waals surface area contributed by atoms with E-state index in [9.17, 15) is 9.59 Å². The van der Waals surface area contributed by atoms with Crippen LogP contribution in [-0.4, -0.2) is 32.1 Å². The molecule has 0 amide bonds. The van der Waals surface area contributed by atoms with E-state index in [1.807, 2.05) is 51.1 Å². The maximum atomic E-state index is 13.7. The molecule has 34 heavy (non-hydrogen) atoms. The van der Waals surface area contributed by atoms with Crippen molar-refractivity contribution in [2.75, 3.05) is 14.2 Å². The molecule has 1 heterocycles. The summed E-state index contributed by atoms with van der Waals surface area (Å²) in [7, 11) is 3.16. The van der Waals surface area contributed by atoms with Gasteiger partial charge >= 0.3 is 5.97 Å². The normalized spacial score (nSPS) is 20.1. The number of ether oxygens (including phenoxy) is 3. The second kappa shape index (κ2) is 9.75. The molecule has 0 unspecified atom stereocenters. The number of nitrogens with one attached hydrogen (secondary N) is 1. The first-order chi connectivity index (χ1) is 16.3. The van der Waals surface area contributed by atoms with Crippen LogP contribution in [0, 0.1) is 0 Å². The SMILES string of the molecule is COc1ccc([C@H]2C(C(=O)OC(C)C)=C(C)NC3=C2C(=O)C[C@H](c2ccccc2)C3)c(OC)c1. The molecule has 0 saturated carbocycles. The lowest BCUT2D eigenvalue weighted by Gasteiger charge is -2.37. The highest BCUT2D eigenvalue weighted by atomic mass is 16.5. The van der Waals surface area contributed by atoms with Gasteiger partial charge in [0.1, 0.15) is 11.5 Å².